The molecule has 1 aromatic carbocycles. The van der Waals surface area contributed by atoms with Gasteiger partial charge < -0.3 is 14.2 Å². The number of carbonyl (C=O) groups excluding carboxylic acids is 1. The van der Waals surface area contributed by atoms with Gasteiger partial charge in [-0.1, -0.05) is 32.4 Å². The molecule has 9 heteroatoms. The van der Waals surface area contributed by atoms with Crippen LogP contribution in [-0.4, -0.2) is 51.2 Å². The van der Waals surface area contributed by atoms with Crippen molar-refractivity contribution in [1.82, 2.24) is 19.3 Å². The van der Waals surface area contributed by atoms with Crippen molar-refractivity contribution in [3.05, 3.63) is 51.7 Å². The largest absolute Gasteiger partial charge is 0.492 e. The molecule has 196 valence electrons. The third kappa shape index (κ3) is 6.51. The van der Waals surface area contributed by atoms with E-state index in [0.717, 1.165) is 36.3 Å². The van der Waals surface area contributed by atoms with Gasteiger partial charge in [-0.05, 0) is 44.4 Å². The molecule has 0 aliphatic carbocycles. The molecule has 0 spiro atoms. The molecule has 0 saturated heterocycles. The highest BCUT2D eigenvalue weighted by molar-refractivity contribution is 5.77. The minimum absolute atomic E-state index is 0.0827. The summed E-state index contributed by atoms with van der Waals surface area (Å²) in [7, 11) is 1.80. The Labute approximate surface area is 212 Å². The Bertz CT molecular complexity index is 1200. The lowest BCUT2D eigenvalue weighted by molar-refractivity contribution is -0.156. The van der Waals surface area contributed by atoms with E-state index in [-0.39, 0.29) is 11.5 Å². The summed E-state index contributed by atoms with van der Waals surface area (Å²) in [5, 5.41) is 4.54. The van der Waals surface area contributed by atoms with E-state index >= 15 is 0 Å². The molecule has 0 aliphatic heterocycles. The number of nitrogens with zero attached hydrogens (tertiary/aromatic N) is 4. The van der Waals surface area contributed by atoms with Crippen LogP contribution in [0.4, 0.5) is 0 Å². The lowest BCUT2D eigenvalue weighted by Gasteiger charge is -2.16. The number of esters is 1. The summed E-state index contributed by atoms with van der Waals surface area (Å²) in [6, 6.07) is 7.54. The van der Waals surface area contributed by atoms with Gasteiger partial charge in [-0.2, -0.15) is 5.10 Å². The quantitative estimate of drug-likeness (QED) is 0.313. The minimum Gasteiger partial charge on any atom is -0.492 e. The first-order valence-corrected chi connectivity index (χ1v) is 12.9. The highest BCUT2D eigenvalue weighted by Gasteiger charge is 2.21. The van der Waals surface area contributed by atoms with Crippen LogP contribution in [0, 0.1) is 0 Å². The van der Waals surface area contributed by atoms with Crippen molar-refractivity contribution in [3.8, 4) is 5.75 Å². The molecule has 0 fully saturated rings. The number of hydrogen-bond acceptors (Lipinski definition) is 7. The number of hydrogen-bond donors (Lipinski definition) is 0. The standard InChI is InChI=1S/C27H38N4O5/c1-6-10-21-24-25(30(5)29-21)26(32)31(23(28-24)11-7-2)16-17-36-20-14-12-19(13-15-20)18-22(34-8-3)27(33)35-9-4/h12-15,22H,6-11,16-18H2,1-5H3. The van der Waals surface area contributed by atoms with Gasteiger partial charge in [0, 0.05) is 26.5 Å². The van der Waals surface area contributed by atoms with E-state index in [1.165, 1.54) is 0 Å². The highest BCUT2D eigenvalue weighted by Crippen LogP contribution is 2.17. The Morgan fingerprint density at radius 3 is 2.39 bits per heavy atom. The molecule has 0 saturated carbocycles. The predicted molar refractivity (Wildman–Crippen MR) is 138 cm³/mol. The maximum atomic E-state index is 13.4. The van der Waals surface area contributed by atoms with Gasteiger partial charge in [-0.3, -0.25) is 14.0 Å². The topological polar surface area (TPSA) is 97.5 Å². The Balaban J connectivity index is 1.71. The molecule has 3 rings (SSSR count). The van der Waals surface area contributed by atoms with Crippen LogP contribution >= 0.6 is 0 Å². The smallest absolute Gasteiger partial charge is 0.335 e. The number of fused-ring (bicyclic) bond motifs is 1. The van der Waals surface area contributed by atoms with E-state index < -0.39 is 6.10 Å². The first-order valence-electron chi connectivity index (χ1n) is 12.9. The van der Waals surface area contributed by atoms with Crippen LogP contribution in [0.15, 0.2) is 29.1 Å². The molecule has 9 nitrogen and oxygen atoms in total. The first kappa shape index (κ1) is 27.4. The predicted octanol–water partition coefficient (Wildman–Crippen LogP) is 3.62. The van der Waals surface area contributed by atoms with Crippen LogP contribution in [0.2, 0.25) is 0 Å². The van der Waals surface area contributed by atoms with Crippen LogP contribution in [-0.2, 0) is 47.1 Å². The third-order valence-electron chi connectivity index (χ3n) is 5.90. The van der Waals surface area contributed by atoms with E-state index in [1.54, 1.807) is 23.2 Å². The average Bonchev–Trinajstić information content (AvgIpc) is 3.17. The monoisotopic (exact) mass is 498 g/mol. The molecule has 36 heavy (non-hydrogen) atoms. The second kappa shape index (κ2) is 13.2. The van der Waals surface area contributed by atoms with Crippen LogP contribution in [0.5, 0.6) is 5.75 Å². The molecular weight excluding hydrogens is 460 g/mol. The van der Waals surface area contributed by atoms with E-state index in [2.05, 4.69) is 18.9 Å². The first-order chi connectivity index (χ1) is 17.4. The number of aryl methyl sites for hydroxylation is 3. The van der Waals surface area contributed by atoms with Crippen LogP contribution in [0.1, 0.15) is 57.6 Å². The Kier molecular flexibility index (Phi) is 10.0. The fourth-order valence-corrected chi connectivity index (χ4v) is 4.25. The lowest BCUT2D eigenvalue weighted by atomic mass is 10.1. The normalized spacial score (nSPS) is 12.1. The van der Waals surface area contributed by atoms with Crippen molar-refractivity contribution in [3.63, 3.8) is 0 Å². The van der Waals surface area contributed by atoms with Gasteiger partial charge in [0.15, 0.2) is 11.6 Å². The molecule has 0 bridgehead atoms. The van der Waals surface area contributed by atoms with Gasteiger partial charge in [-0.25, -0.2) is 9.78 Å². The van der Waals surface area contributed by atoms with Crippen molar-refractivity contribution in [1.29, 1.82) is 0 Å². The van der Waals surface area contributed by atoms with Gasteiger partial charge in [0.2, 0.25) is 0 Å². The Hall–Kier alpha value is -3.20. The van der Waals surface area contributed by atoms with E-state index in [0.29, 0.717) is 56.0 Å². The zero-order valence-corrected chi connectivity index (χ0v) is 22.1. The number of carbonyl (C=O) groups is 1. The fourth-order valence-electron chi connectivity index (χ4n) is 4.25. The zero-order chi connectivity index (χ0) is 26.1. The lowest BCUT2D eigenvalue weighted by Crippen LogP contribution is -2.29. The van der Waals surface area contributed by atoms with Crippen molar-refractivity contribution in [2.24, 2.45) is 7.05 Å². The Morgan fingerprint density at radius 1 is 1.03 bits per heavy atom. The molecule has 0 aliphatic rings. The van der Waals surface area contributed by atoms with E-state index in [9.17, 15) is 9.59 Å². The van der Waals surface area contributed by atoms with Crippen molar-refractivity contribution < 1.29 is 19.0 Å². The van der Waals surface area contributed by atoms with Gasteiger partial charge in [0.1, 0.15) is 23.7 Å². The summed E-state index contributed by atoms with van der Waals surface area (Å²) in [4.78, 5) is 30.3. The summed E-state index contributed by atoms with van der Waals surface area (Å²) in [6.07, 6.45) is 3.14. The van der Waals surface area contributed by atoms with Crippen LogP contribution in [0.3, 0.4) is 0 Å². The van der Waals surface area contributed by atoms with Crippen LogP contribution in [0.25, 0.3) is 11.0 Å². The second-order valence-corrected chi connectivity index (χ2v) is 8.64. The maximum Gasteiger partial charge on any atom is 0.335 e. The number of benzene rings is 1. The van der Waals surface area contributed by atoms with Gasteiger partial charge in [0.25, 0.3) is 5.56 Å². The summed E-state index contributed by atoms with van der Waals surface area (Å²) < 4.78 is 20.0. The third-order valence-corrected chi connectivity index (χ3v) is 5.90. The number of aromatic nitrogens is 4. The molecule has 2 heterocycles. The molecule has 2 aromatic heterocycles. The van der Waals surface area contributed by atoms with Crippen molar-refractivity contribution >= 4 is 17.0 Å². The highest BCUT2D eigenvalue weighted by atomic mass is 16.6. The Morgan fingerprint density at radius 2 is 1.75 bits per heavy atom. The second-order valence-electron chi connectivity index (χ2n) is 8.64. The average molecular weight is 499 g/mol. The zero-order valence-electron chi connectivity index (χ0n) is 22.1. The van der Waals surface area contributed by atoms with Crippen molar-refractivity contribution in [2.75, 3.05) is 19.8 Å². The van der Waals surface area contributed by atoms with Gasteiger partial charge in [0.05, 0.1) is 18.8 Å². The summed E-state index contributed by atoms with van der Waals surface area (Å²) in [6.45, 7) is 9.27. The molecular formula is C27H38N4O5. The molecule has 3 aromatic rings. The maximum absolute atomic E-state index is 13.4. The fraction of sp³-hybridized carbons (Fsp3) is 0.556. The molecule has 0 N–H and O–H groups in total. The van der Waals surface area contributed by atoms with E-state index in [1.807, 2.05) is 31.2 Å². The van der Waals surface area contributed by atoms with Gasteiger partial charge >= 0.3 is 5.97 Å². The summed E-state index contributed by atoms with van der Waals surface area (Å²) in [5.41, 5.74) is 2.99. The minimum atomic E-state index is -0.627. The van der Waals surface area contributed by atoms with E-state index in [4.69, 9.17) is 19.2 Å². The number of rotatable bonds is 14. The van der Waals surface area contributed by atoms with Crippen molar-refractivity contribution in [2.45, 2.75) is 72.4 Å². The molecule has 1 unspecified atom stereocenters. The molecule has 0 amide bonds. The SMILES string of the molecule is CCCc1nn(C)c2c(=O)n(CCOc3ccc(CC(OCC)C(=O)OCC)cc3)c(CCC)nc12. The number of ether oxygens (including phenoxy) is 3. The van der Waals surface area contributed by atoms with Gasteiger partial charge in [-0.15, -0.1) is 0 Å². The van der Waals surface area contributed by atoms with Crippen LogP contribution < -0.4 is 10.3 Å². The molecule has 0 radical (unpaired) electrons. The summed E-state index contributed by atoms with van der Waals surface area (Å²) in [5.74, 6) is 1.10. The molecule has 1 atom stereocenters. The summed E-state index contributed by atoms with van der Waals surface area (Å²) >= 11 is 0.